The molecule has 1 aliphatic carbocycles. The molecule has 0 aromatic heterocycles. The zero-order chi connectivity index (χ0) is 23.9. The number of allylic oxidation sites excluding steroid dienone is 1. The van der Waals surface area contributed by atoms with E-state index >= 15 is 0 Å². The van der Waals surface area contributed by atoms with Crippen LogP contribution >= 0.6 is 23.2 Å². The molecular formula is C29H26Cl2N2. The lowest BCUT2D eigenvalue weighted by Gasteiger charge is -2.16. The number of benzene rings is 3. The fraction of sp³-hybridized carbons (Fsp3) is 0.207. The smallest absolute Gasteiger partial charge is 0.0998 e. The lowest BCUT2D eigenvalue weighted by molar-refractivity contribution is 0.585. The molecule has 1 aliphatic rings. The molecule has 4 heteroatoms. The number of anilines is 1. The van der Waals surface area contributed by atoms with Gasteiger partial charge in [0.2, 0.25) is 0 Å². The fourth-order valence-electron chi connectivity index (χ4n) is 4.94. The normalized spacial score (nSPS) is 18.3. The first kappa shape index (κ1) is 23.2. The second-order valence-corrected chi connectivity index (χ2v) is 10.2. The highest BCUT2D eigenvalue weighted by molar-refractivity contribution is 6.34. The van der Waals surface area contributed by atoms with Crippen LogP contribution in [0, 0.1) is 29.6 Å². The Morgan fingerprint density at radius 2 is 1.64 bits per heavy atom. The Morgan fingerprint density at radius 3 is 2.30 bits per heavy atom. The zero-order valence-corrected chi connectivity index (χ0v) is 20.6. The van der Waals surface area contributed by atoms with E-state index in [-0.39, 0.29) is 17.3 Å². The number of nitriles is 1. The number of halogens is 2. The number of nitrogens with zero attached hydrogens (tertiary/aromatic N) is 1. The molecule has 0 spiro atoms. The summed E-state index contributed by atoms with van der Waals surface area (Å²) in [4.78, 5) is 0. The molecule has 1 fully saturated rings. The minimum Gasteiger partial charge on any atom is -0.359 e. The van der Waals surface area contributed by atoms with Gasteiger partial charge in [-0.2, -0.15) is 5.26 Å². The Kier molecular flexibility index (Phi) is 6.14. The van der Waals surface area contributed by atoms with Gasteiger partial charge in [-0.15, -0.1) is 0 Å². The van der Waals surface area contributed by atoms with Gasteiger partial charge in [-0.05, 0) is 82.5 Å². The van der Waals surface area contributed by atoms with Crippen LogP contribution in [-0.2, 0) is 0 Å². The summed E-state index contributed by atoms with van der Waals surface area (Å²) in [5.41, 5.74) is 7.48. The van der Waals surface area contributed by atoms with E-state index in [1.54, 1.807) is 6.07 Å². The van der Waals surface area contributed by atoms with Crippen LogP contribution in [0.5, 0.6) is 0 Å². The van der Waals surface area contributed by atoms with Crippen LogP contribution in [-0.4, -0.2) is 0 Å². The van der Waals surface area contributed by atoms with Crippen LogP contribution in [0.2, 0.25) is 10.0 Å². The Morgan fingerprint density at radius 1 is 0.970 bits per heavy atom. The molecule has 33 heavy (non-hydrogen) atoms. The summed E-state index contributed by atoms with van der Waals surface area (Å²) >= 11 is 12.5. The van der Waals surface area contributed by atoms with E-state index in [4.69, 9.17) is 23.2 Å². The number of rotatable bonds is 6. The minimum atomic E-state index is 0.0426. The largest absolute Gasteiger partial charge is 0.359 e. The number of nitrogens with one attached hydrogen (secondary N) is 1. The second kappa shape index (κ2) is 8.75. The molecule has 0 heterocycles. The lowest BCUT2D eigenvalue weighted by Crippen LogP contribution is -2.05. The Bertz CT molecular complexity index is 1290. The first-order chi connectivity index (χ1) is 15.6. The summed E-state index contributed by atoms with van der Waals surface area (Å²) < 4.78 is 0. The fourth-order valence-corrected chi connectivity index (χ4v) is 5.48. The maximum absolute atomic E-state index is 9.50. The van der Waals surface area contributed by atoms with Gasteiger partial charge in [0.05, 0.1) is 11.6 Å². The molecule has 0 amide bonds. The van der Waals surface area contributed by atoms with Crippen LogP contribution in [0.3, 0.4) is 0 Å². The Balaban J connectivity index is 1.58. The topological polar surface area (TPSA) is 35.8 Å². The molecule has 0 bridgehead atoms. The Hall–Kier alpha value is -2.99. The van der Waals surface area contributed by atoms with Crippen molar-refractivity contribution < 1.29 is 0 Å². The molecule has 1 N–H and O–H groups in total. The van der Waals surface area contributed by atoms with Crippen LogP contribution in [0.25, 0.3) is 5.57 Å². The monoisotopic (exact) mass is 472 g/mol. The summed E-state index contributed by atoms with van der Waals surface area (Å²) in [6.45, 7) is 15.2. The molecule has 1 saturated carbocycles. The molecule has 3 aromatic carbocycles. The zero-order valence-electron chi connectivity index (χ0n) is 19.0. The summed E-state index contributed by atoms with van der Waals surface area (Å²) in [6, 6.07) is 21.8. The SMILES string of the molecule is C=C(c1cc(NC(=C)C2C(c3cc(Cl)cc(Cl)c3)C2(C)C)ccc1C)c1ccccc1C#N. The van der Waals surface area contributed by atoms with Crippen molar-refractivity contribution in [1.29, 1.82) is 5.26 Å². The summed E-state index contributed by atoms with van der Waals surface area (Å²) in [5, 5.41) is 14.3. The van der Waals surface area contributed by atoms with Gasteiger partial charge in [0, 0.05) is 27.3 Å². The second-order valence-electron chi connectivity index (χ2n) is 9.30. The first-order valence-corrected chi connectivity index (χ1v) is 11.6. The van der Waals surface area contributed by atoms with Crippen molar-refractivity contribution in [3.8, 4) is 6.07 Å². The average molecular weight is 473 g/mol. The molecule has 2 unspecified atom stereocenters. The van der Waals surface area contributed by atoms with Crippen molar-refractivity contribution in [3.63, 3.8) is 0 Å². The summed E-state index contributed by atoms with van der Waals surface area (Å²) in [6.07, 6.45) is 0. The Labute approximate surface area is 206 Å². The average Bonchev–Trinajstić information content (AvgIpc) is 3.36. The van der Waals surface area contributed by atoms with Crippen LogP contribution in [0.15, 0.2) is 79.5 Å². The number of hydrogen-bond donors (Lipinski definition) is 1. The van der Waals surface area contributed by atoms with Crippen molar-refractivity contribution in [2.45, 2.75) is 26.7 Å². The molecule has 0 aliphatic heterocycles. The first-order valence-electron chi connectivity index (χ1n) is 10.8. The van der Waals surface area contributed by atoms with E-state index in [1.807, 2.05) is 42.5 Å². The summed E-state index contributed by atoms with van der Waals surface area (Å²) in [7, 11) is 0. The van der Waals surface area contributed by atoms with E-state index in [0.717, 1.165) is 39.2 Å². The molecule has 4 rings (SSSR count). The highest BCUT2D eigenvalue weighted by Gasteiger charge is 2.59. The van der Waals surface area contributed by atoms with Crippen molar-refractivity contribution in [2.75, 3.05) is 5.32 Å². The van der Waals surface area contributed by atoms with Crippen molar-refractivity contribution in [1.82, 2.24) is 0 Å². The number of aryl methyl sites for hydroxylation is 1. The van der Waals surface area contributed by atoms with Gasteiger partial charge in [0.15, 0.2) is 0 Å². The van der Waals surface area contributed by atoms with E-state index in [1.165, 1.54) is 0 Å². The van der Waals surface area contributed by atoms with E-state index in [9.17, 15) is 5.26 Å². The van der Waals surface area contributed by atoms with E-state index in [0.29, 0.717) is 15.6 Å². The molecule has 166 valence electrons. The lowest BCUT2D eigenvalue weighted by atomic mass is 9.92. The van der Waals surface area contributed by atoms with Gasteiger partial charge in [-0.1, -0.05) is 74.5 Å². The van der Waals surface area contributed by atoms with Gasteiger partial charge in [-0.3, -0.25) is 0 Å². The third kappa shape index (κ3) is 4.44. The predicted molar refractivity (Wildman–Crippen MR) is 140 cm³/mol. The molecule has 2 nitrogen and oxygen atoms in total. The van der Waals surface area contributed by atoms with Crippen LogP contribution in [0.1, 0.15) is 47.6 Å². The molecule has 0 radical (unpaired) electrons. The number of hydrogen-bond acceptors (Lipinski definition) is 2. The molecular weight excluding hydrogens is 447 g/mol. The van der Waals surface area contributed by atoms with Crippen molar-refractivity contribution >= 4 is 34.5 Å². The van der Waals surface area contributed by atoms with Crippen molar-refractivity contribution in [2.24, 2.45) is 11.3 Å². The minimum absolute atomic E-state index is 0.0426. The van der Waals surface area contributed by atoms with Gasteiger partial charge >= 0.3 is 0 Å². The van der Waals surface area contributed by atoms with E-state index in [2.05, 4.69) is 57.4 Å². The van der Waals surface area contributed by atoms with Crippen LogP contribution < -0.4 is 5.32 Å². The molecule has 0 saturated heterocycles. The predicted octanol–water partition coefficient (Wildman–Crippen LogP) is 8.60. The highest BCUT2D eigenvalue weighted by atomic mass is 35.5. The third-order valence-corrected chi connectivity index (χ3v) is 7.12. The van der Waals surface area contributed by atoms with Gasteiger partial charge < -0.3 is 5.32 Å². The van der Waals surface area contributed by atoms with Gasteiger partial charge in [0.25, 0.3) is 0 Å². The maximum Gasteiger partial charge on any atom is 0.0998 e. The van der Waals surface area contributed by atoms with Crippen molar-refractivity contribution in [3.05, 3.63) is 117 Å². The quantitative estimate of drug-likeness (QED) is 0.389. The molecule has 2 atom stereocenters. The molecule has 3 aromatic rings. The van der Waals surface area contributed by atoms with E-state index < -0.39 is 0 Å². The van der Waals surface area contributed by atoms with Crippen LogP contribution in [0.4, 0.5) is 5.69 Å². The maximum atomic E-state index is 9.50. The van der Waals surface area contributed by atoms with Gasteiger partial charge in [0.1, 0.15) is 0 Å². The highest BCUT2D eigenvalue weighted by Crippen LogP contribution is 2.67. The third-order valence-electron chi connectivity index (χ3n) is 6.69. The summed E-state index contributed by atoms with van der Waals surface area (Å²) in [5.74, 6) is 0.537. The standard InChI is InChI=1S/C29H26Cl2N2/c1-17-10-11-24(15-26(17)18(2)25-9-7-6-8-20(25)16-32)33-19(3)27-28(29(27,4)5)21-12-22(30)14-23(31)13-21/h6-15,27-28,33H,2-3H2,1,4-5H3. The van der Waals surface area contributed by atoms with Gasteiger partial charge in [-0.25, -0.2) is 0 Å².